The molecule has 164 valence electrons. The lowest BCUT2D eigenvalue weighted by Gasteiger charge is -2.39. The molecule has 1 fully saturated rings. The van der Waals surface area contributed by atoms with Crippen LogP contribution in [-0.2, 0) is 5.41 Å². The molecule has 0 heterocycles. The summed E-state index contributed by atoms with van der Waals surface area (Å²) in [5, 5.41) is 0. The highest BCUT2D eigenvalue weighted by molar-refractivity contribution is 5.68. The van der Waals surface area contributed by atoms with Gasteiger partial charge in [0.1, 0.15) is 5.82 Å². The summed E-state index contributed by atoms with van der Waals surface area (Å²) in [6.45, 7) is 0.210. The Balaban J connectivity index is 2.23. The molecule has 1 nitrogen and oxygen atoms in total. The van der Waals surface area contributed by atoms with Crippen LogP contribution < -0.4 is 4.74 Å². The van der Waals surface area contributed by atoms with E-state index in [2.05, 4.69) is 0 Å². The van der Waals surface area contributed by atoms with Gasteiger partial charge in [-0.3, -0.25) is 0 Å². The van der Waals surface area contributed by atoms with E-state index >= 15 is 4.39 Å². The topological polar surface area (TPSA) is 9.23 Å². The maximum absolute atomic E-state index is 15.1. The molecule has 0 N–H and O–H groups in total. The first-order valence-electron chi connectivity index (χ1n) is 10.2. The summed E-state index contributed by atoms with van der Waals surface area (Å²) in [7, 11) is 0. The van der Waals surface area contributed by atoms with E-state index in [0.717, 1.165) is 25.3 Å². The summed E-state index contributed by atoms with van der Waals surface area (Å²) in [5.74, 6) is -4.36. The largest absolute Gasteiger partial charge is 0.481 e. The molecule has 0 bridgehead atoms. The van der Waals surface area contributed by atoms with Gasteiger partial charge in [-0.05, 0) is 36.8 Å². The van der Waals surface area contributed by atoms with Gasteiger partial charge in [-0.25, -0.2) is 8.78 Å². The van der Waals surface area contributed by atoms with E-state index in [1.165, 1.54) is 24.3 Å². The quantitative estimate of drug-likeness (QED) is 0.427. The van der Waals surface area contributed by atoms with Crippen LogP contribution in [0.3, 0.4) is 0 Å². The fraction of sp³-hybridized carbons (Fsp3) is 0.478. The normalized spacial score (nSPS) is 16.5. The molecule has 1 aliphatic carbocycles. The molecule has 3 rings (SSSR count). The highest BCUT2D eigenvalue weighted by Crippen LogP contribution is 2.49. The first-order valence-corrected chi connectivity index (χ1v) is 10.2. The third kappa shape index (κ3) is 4.60. The second kappa shape index (κ2) is 8.90. The Morgan fingerprint density at radius 1 is 0.933 bits per heavy atom. The summed E-state index contributed by atoms with van der Waals surface area (Å²) in [4.78, 5) is 0. The molecule has 7 heteroatoms. The predicted molar refractivity (Wildman–Crippen MR) is 103 cm³/mol. The van der Waals surface area contributed by atoms with E-state index in [0.29, 0.717) is 25.7 Å². The highest BCUT2D eigenvalue weighted by Gasteiger charge is 2.39. The zero-order chi connectivity index (χ0) is 21.9. The Morgan fingerprint density at radius 3 is 2.20 bits per heavy atom. The number of halogens is 6. The maximum atomic E-state index is 15.1. The minimum absolute atomic E-state index is 0.139. The van der Waals surface area contributed by atoms with Crippen molar-refractivity contribution < 1.29 is 31.1 Å². The number of ether oxygens (including phenoxy) is 1. The first kappa shape index (κ1) is 22.5. The Morgan fingerprint density at radius 2 is 1.60 bits per heavy atom. The van der Waals surface area contributed by atoms with Gasteiger partial charge in [-0.2, -0.15) is 17.6 Å². The van der Waals surface area contributed by atoms with Gasteiger partial charge < -0.3 is 4.74 Å². The molecule has 0 saturated heterocycles. The molecule has 1 aliphatic rings. The van der Waals surface area contributed by atoms with Crippen LogP contribution in [0.15, 0.2) is 30.3 Å². The van der Waals surface area contributed by atoms with E-state index in [9.17, 15) is 22.0 Å². The highest BCUT2D eigenvalue weighted by atomic mass is 19.4. The van der Waals surface area contributed by atoms with Gasteiger partial charge in [0.05, 0.1) is 0 Å². The lowest BCUT2D eigenvalue weighted by atomic mass is 9.66. The molecule has 1 saturated carbocycles. The molecular weight excluding hydrogens is 406 g/mol. The van der Waals surface area contributed by atoms with Crippen LogP contribution in [0.25, 0.3) is 11.1 Å². The summed E-state index contributed by atoms with van der Waals surface area (Å²) in [5.41, 5.74) is -0.880. The van der Waals surface area contributed by atoms with Crippen LogP contribution in [0, 0.1) is 17.5 Å². The predicted octanol–water partition coefficient (Wildman–Crippen LogP) is 7.71. The van der Waals surface area contributed by atoms with Crippen LogP contribution >= 0.6 is 0 Å². The summed E-state index contributed by atoms with van der Waals surface area (Å²) < 4.78 is 87.6. The molecule has 0 unspecified atom stereocenters. The van der Waals surface area contributed by atoms with Crippen molar-refractivity contribution in [2.24, 2.45) is 0 Å². The van der Waals surface area contributed by atoms with Gasteiger partial charge >= 0.3 is 6.18 Å². The van der Waals surface area contributed by atoms with Gasteiger partial charge in [-0.1, -0.05) is 50.8 Å². The molecule has 0 aromatic heterocycles. The Labute approximate surface area is 172 Å². The molecule has 30 heavy (non-hydrogen) atoms. The second-order valence-electron chi connectivity index (χ2n) is 7.90. The van der Waals surface area contributed by atoms with Crippen molar-refractivity contribution in [2.45, 2.75) is 63.5 Å². The third-order valence-electron chi connectivity index (χ3n) is 5.82. The molecular formula is C23H24F6O. The fourth-order valence-corrected chi connectivity index (χ4v) is 4.54. The summed E-state index contributed by atoms with van der Waals surface area (Å²) >= 11 is 0. The van der Waals surface area contributed by atoms with Crippen molar-refractivity contribution in [3.8, 4) is 16.9 Å². The van der Waals surface area contributed by atoms with Crippen LogP contribution in [0.2, 0.25) is 0 Å². The number of hydrogen-bond acceptors (Lipinski definition) is 1. The van der Waals surface area contributed by atoms with Gasteiger partial charge in [0, 0.05) is 16.7 Å². The lowest BCUT2D eigenvalue weighted by Crippen LogP contribution is -2.31. The monoisotopic (exact) mass is 430 g/mol. The van der Waals surface area contributed by atoms with E-state index < -0.39 is 41.4 Å². The number of benzene rings is 2. The van der Waals surface area contributed by atoms with E-state index in [1.807, 2.05) is 6.92 Å². The Bertz CT molecular complexity index is 878. The zero-order valence-corrected chi connectivity index (χ0v) is 16.7. The summed E-state index contributed by atoms with van der Waals surface area (Å²) in [6, 6.07) is 6.66. The zero-order valence-electron chi connectivity index (χ0n) is 16.7. The minimum Gasteiger partial charge on any atom is -0.481 e. The number of rotatable bonds is 6. The SMILES string of the molecule is CCCC1(c2cc(-c3ccccc3F)c(F)c(F)c2OCC(F)(F)F)CCCCC1. The standard InChI is InChI=1S/C23H24F6O/c1-2-10-22(11-6-3-7-12-22)17-13-16(15-8-4-5-9-18(15)24)19(25)20(26)21(17)30-14-23(27,28)29/h4-5,8-9,13H,2-3,6-7,10-12,14H2,1H3. The fourth-order valence-electron chi connectivity index (χ4n) is 4.54. The third-order valence-corrected chi connectivity index (χ3v) is 5.82. The number of hydrogen-bond donors (Lipinski definition) is 0. The van der Waals surface area contributed by atoms with Crippen molar-refractivity contribution in [1.82, 2.24) is 0 Å². The van der Waals surface area contributed by atoms with Crippen LogP contribution in [0.4, 0.5) is 26.3 Å². The Kier molecular flexibility index (Phi) is 6.68. The first-order chi connectivity index (χ1) is 14.2. The van der Waals surface area contributed by atoms with Gasteiger partial charge in [0.25, 0.3) is 0 Å². The second-order valence-corrected chi connectivity index (χ2v) is 7.90. The van der Waals surface area contributed by atoms with Crippen molar-refractivity contribution in [2.75, 3.05) is 6.61 Å². The smallest absolute Gasteiger partial charge is 0.422 e. The van der Waals surface area contributed by atoms with Crippen LogP contribution in [0.1, 0.15) is 57.4 Å². The average Bonchev–Trinajstić information content (AvgIpc) is 2.70. The molecule has 2 aromatic carbocycles. The van der Waals surface area contributed by atoms with Gasteiger partial charge in [0.15, 0.2) is 18.2 Å². The van der Waals surface area contributed by atoms with Crippen molar-refractivity contribution >= 4 is 0 Å². The van der Waals surface area contributed by atoms with Gasteiger partial charge in [-0.15, -0.1) is 0 Å². The van der Waals surface area contributed by atoms with Crippen molar-refractivity contribution in [3.05, 3.63) is 53.3 Å². The van der Waals surface area contributed by atoms with Crippen LogP contribution in [-0.4, -0.2) is 12.8 Å². The van der Waals surface area contributed by atoms with E-state index in [-0.39, 0.29) is 16.7 Å². The minimum atomic E-state index is -4.70. The maximum Gasteiger partial charge on any atom is 0.422 e. The number of alkyl halides is 3. The molecule has 0 aliphatic heterocycles. The average molecular weight is 430 g/mol. The van der Waals surface area contributed by atoms with Crippen LogP contribution in [0.5, 0.6) is 5.75 Å². The van der Waals surface area contributed by atoms with Crippen molar-refractivity contribution in [1.29, 1.82) is 0 Å². The molecule has 0 radical (unpaired) electrons. The molecule has 0 amide bonds. The van der Waals surface area contributed by atoms with Gasteiger partial charge in [0.2, 0.25) is 5.82 Å². The summed E-state index contributed by atoms with van der Waals surface area (Å²) in [6.07, 6.45) is 0.488. The molecule has 2 aromatic rings. The molecule has 0 atom stereocenters. The van der Waals surface area contributed by atoms with Crippen molar-refractivity contribution in [3.63, 3.8) is 0 Å². The molecule has 0 spiro atoms. The van der Waals surface area contributed by atoms with E-state index in [1.54, 1.807) is 0 Å². The lowest BCUT2D eigenvalue weighted by molar-refractivity contribution is -0.154. The Hall–Kier alpha value is -2.18. The van der Waals surface area contributed by atoms with E-state index in [4.69, 9.17) is 4.74 Å².